The number of ether oxygens (including phenoxy) is 3. The van der Waals surface area contributed by atoms with Gasteiger partial charge in [-0.15, -0.1) is 0 Å². The molecule has 0 saturated carbocycles. The van der Waals surface area contributed by atoms with Crippen molar-refractivity contribution in [3.05, 3.63) is 24.3 Å². The quantitative estimate of drug-likeness (QED) is 0.386. The van der Waals surface area contributed by atoms with E-state index < -0.39 is 8.32 Å². The van der Waals surface area contributed by atoms with Crippen molar-refractivity contribution in [1.82, 2.24) is 0 Å². The maximum absolute atomic E-state index is 5.68. The molecule has 5 nitrogen and oxygen atoms in total. The summed E-state index contributed by atoms with van der Waals surface area (Å²) in [5, 5.41) is 0. The molecule has 0 saturated heterocycles. The molecule has 0 aromatic heterocycles. The Balaban J connectivity index is 1.88. The minimum atomic E-state index is -1.41. The first-order valence-electron chi connectivity index (χ1n) is 7.25. The molecule has 0 aliphatic rings. The fourth-order valence-corrected chi connectivity index (χ4v) is 2.21. The number of hydrogen-bond donors (Lipinski definition) is 1. The molecule has 0 unspecified atom stereocenters. The van der Waals surface area contributed by atoms with E-state index in [1.165, 1.54) is 0 Å². The highest BCUT2D eigenvalue weighted by molar-refractivity contribution is 6.69. The molecule has 21 heavy (non-hydrogen) atoms. The molecule has 0 spiro atoms. The SMILES string of the molecule is C[Si](C)(C)OCCOCCOCCOc1ccc(N)cc1. The predicted octanol–water partition coefficient (Wildman–Crippen LogP) is 2.53. The van der Waals surface area contributed by atoms with Crippen LogP contribution in [0, 0.1) is 0 Å². The first-order chi connectivity index (χ1) is 9.97. The van der Waals surface area contributed by atoms with E-state index in [1.807, 2.05) is 24.3 Å². The van der Waals surface area contributed by atoms with Gasteiger partial charge in [-0.3, -0.25) is 0 Å². The number of anilines is 1. The van der Waals surface area contributed by atoms with Crippen LogP contribution in [0.25, 0.3) is 0 Å². The number of rotatable bonds is 11. The van der Waals surface area contributed by atoms with E-state index in [-0.39, 0.29) is 0 Å². The fourth-order valence-electron chi connectivity index (χ4n) is 1.51. The minimum absolute atomic E-state index is 0.517. The highest BCUT2D eigenvalue weighted by atomic mass is 28.4. The van der Waals surface area contributed by atoms with Gasteiger partial charge in [-0.2, -0.15) is 0 Å². The van der Waals surface area contributed by atoms with Crippen LogP contribution in [-0.2, 0) is 13.9 Å². The molecule has 0 aliphatic heterocycles. The lowest BCUT2D eigenvalue weighted by molar-refractivity contribution is 0.0266. The number of nitrogens with two attached hydrogens (primary N) is 1. The van der Waals surface area contributed by atoms with Gasteiger partial charge in [0.1, 0.15) is 12.4 Å². The van der Waals surface area contributed by atoms with Crippen LogP contribution in [0.15, 0.2) is 24.3 Å². The van der Waals surface area contributed by atoms with Crippen molar-refractivity contribution >= 4 is 14.0 Å². The van der Waals surface area contributed by atoms with Crippen LogP contribution in [0.3, 0.4) is 0 Å². The summed E-state index contributed by atoms with van der Waals surface area (Å²) in [6.07, 6.45) is 0. The Morgan fingerprint density at radius 2 is 1.33 bits per heavy atom. The van der Waals surface area contributed by atoms with E-state index in [2.05, 4.69) is 19.6 Å². The molecule has 1 rings (SSSR count). The fraction of sp³-hybridized carbons (Fsp3) is 0.600. The van der Waals surface area contributed by atoms with Crippen LogP contribution in [-0.4, -0.2) is 48.0 Å². The highest BCUT2D eigenvalue weighted by Gasteiger charge is 2.12. The summed E-state index contributed by atoms with van der Waals surface area (Å²) in [5.41, 5.74) is 6.32. The standard InChI is InChI=1S/C15H27NO4Si/c1-21(2,3)20-13-11-18-9-8-17-10-12-19-15-6-4-14(16)5-7-15/h4-7H,8-13,16H2,1-3H3. The summed E-state index contributed by atoms with van der Waals surface area (Å²) < 4.78 is 22.0. The van der Waals surface area contributed by atoms with E-state index in [9.17, 15) is 0 Å². The second-order valence-electron chi connectivity index (χ2n) is 5.60. The van der Waals surface area contributed by atoms with Gasteiger partial charge in [0.15, 0.2) is 8.32 Å². The minimum Gasteiger partial charge on any atom is -0.491 e. The number of hydrogen-bond acceptors (Lipinski definition) is 5. The Bertz CT molecular complexity index is 378. The number of nitrogen functional groups attached to an aromatic ring is 1. The van der Waals surface area contributed by atoms with Crippen molar-refractivity contribution < 1.29 is 18.6 Å². The molecule has 0 atom stereocenters. The van der Waals surface area contributed by atoms with Gasteiger partial charge in [0.05, 0.1) is 33.0 Å². The van der Waals surface area contributed by atoms with Crippen LogP contribution in [0.5, 0.6) is 5.75 Å². The third-order valence-electron chi connectivity index (χ3n) is 2.51. The van der Waals surface area contributed by atoms with Gasteiger partial charge < -0.3 is 24.4 Å². The summed E-state index contributed by atoms with van der Waals surface area (Å²) >= 11 is 0. The van der Waals surface area contributed by atoms with Crippen molar-refractivity contribution in [1.29, 1.82) is 0 Å². The van der Waals surface area contributed by atoms with Crippen LogP contribution < -0.4 is 10.5 Å². The third-order valence-corrected chi connectivity index (χ3v) is 3.58. The molecule has 6 heteroatoms. The molecule has 2 N–H and O–H groups in total. The zero-order valence-corrected chi connectivity index (χ0v) is 14.3. The molecule has 1 aromatic carbocycles. The molecule has 0 amide bonds. The lowest BCUT2D eigenvalue weighted by atomic mass is 10.3. The summed E-state index contributed by atoms with van der Waals surface area (Å²) in [4.78, 5) is 0. The van der Waals surface area contributed by atoms with Gasteiger partial charge in [0.2, 0.25) is 0 Å². The Kier molecular flexibility index (Phi) is 8.37. The Hall–Kier alpha value is -1.08. The van der Waals surface area contributed by atoms with Crippen molar-refractivity contribution in [2.75, 3.05) is 45.4 Å². The Morgan fingerprint density at radius 1 is 0.810 bits per heavy atom. The normalized spacial score (nSPS) is 11.6. The lowest BCUT2D eigenvalue weighted by Crippen LogP contribution is -2.27. The van der Waals surface area contributed by atoms with Gasteiger partial charge in [0, 0.05) is 5.69 Å². The first kappa shape index (κ1) is 18.0. The van der Waals surface area contributed by atoms with E-state index >= 15 is 0 Å². The van der Waals surface area contributed by atoms with Gasteiger partial charge in [-0.1, -0.05) is 0 Å². The molecule has 1 aromatic rings. The molecular weight excluding hydrogens is 286 g/mol. The molecule has 0 aliphatic carbocycles. The van der Waals surface area contributed by atoms with Crippen LogP contribution >= 0.6 is 0 Å². The molecule has 0 bridgehead atoms. The topological polar surface area (TPSA) is 62.9 Å². The second kappa shape index (κ2) is 9.78. The summed E-state index contributed by atoms with van der Waals surface area (Å²) in [6, 6.07) is 7.31. The van der Waals surface area contributed by atoms with E-state index in [0.29, 0.717) is 39.6 Å². The summed E-state index contributed by atoms with van der Waals surface area (Å²) in [7, 11) is -1.41. The van der Waals surface area contributed by atoms with Crippen molar-refractivity contribution in [2.24, 2.45) is 0 Å². The van der Waals surface area contributed by atoms with Crippen LogP contribution in [0.4, 0.5) is 5.69 Å². The average Bonchev–Trinajstić information content (AvgIpc) is 2.42. The predicted molar refractivity (Wildman–Crippen MR) is 87.3 cm³/mol. The lowest BCUT2D eigenvalue weighted by Gasteiger charge is -2.16. The maximum Gasteiger partial charge on any atom is 0.183 e. The Labute approximate surface area is 128 Å². The van der Waals surface area contributed by atoms with Gasteiger partial charge >= 0.3 is 0 Å². The van der Waals surface area contributed by atoms with Gasteiger partial charge in [-0.05, 0) is 43.9 Å². The smallest absolute Gasteiger partial charge is 0.183 e. The first-order valence-corrected chi connectivity index (χ1v) is 10.7. The molecular formula is C15H27NO4Si. The summed E-state index contributed by atoms with van der Waals surface area (Å²) in [5.74, 6) is 0.799. The Morgan fingerprint density at radius 3 is 1.90 bits per heavy atom. The van der Waals surface area contributed by atoms with Crippen LogP contribution in [0.1, 0.15) is 0 Å². The maximum atomic E-state index is 5.68. The second-order valence-corrected chi connectivity index (χ2v) is 10.1. The van der Waals surface area contributed by atoms with E-state index in [0.717, 1.165) is 11.4 Å². The van der Waals surface area contributed by atoms with E-state index in [1.54, 1.807) is 0 Å². The molecule has 120 valence electrons. The largest absolute Gasteiger partial charge is 0.491 e. The molecule has 0 radical (unpaired) electrons. The zero-order valence-electron chi connectivity index (χ0n) is 13.3. The van der Waals surface area contributed by atoms with Crippen molar-refractivity contribution in [3.63, 3.8) is 0 Å². The number of benzene rings is 1. The zero-order chi connectivity index (χ0) is 15.6. The van der Waals surface area contributed by atoms with Crippen molar-refractivity contribution in [2.45, 2.75) is 19.6 Å². The highest BCUT2D eigenvalue weighted by Crippen LogP contribution is 2.12. The molecule has 0 heterocycles. The van der Waals surface area contributed by atoms with E-state index in [4.69, 9.17) is 24.4 Å². The van der Waals surface area contributed by atoms with Gasteiger partial charge in [0.25, 0.3) is 0 Å². The molecule has 0 fully saturated rings. The average molecular weight is 313 g/mol. The third kappa shape index (κ3) is 10.3. The van der Waals surface area contributed by atoms with Crippen LogP contribution in [0.2, 0.25) is 19.6 Å². The monoisotopic (exact) mass is 313 g/mol. The van der Waals surface area contributed by atoms with Gasteiger partial charge in [-0.25, -0.2) is 0 Å². The summed E-state index contributed by atoms with van der Waals surface area (Å²) in [6.45, 7) is 9.98. The van der Waals surface area contributed by atoms with Crippen molar-refractivity contribution in [3.8, 4) is 5.75 Å².